The Hall–Kier alpha value is -1.18. The van der Waals surface area contributed by atoms with Gasteiger partial charge in [0, 0.05) is 16.5 Å². The summed E-state index contributed by atoms with van der Waals surface area (Å²) in [5, 5.41) is 21.7. The zero-order valence-corrected chi connectivity index (χ0v) is 16.1. The maximum absolute atomic E-state index is 11.0. The molecular weight excluding hydrogens is 296 g/mol. The van der Waals surface area contributed by atoms with Gasteiger partial charge in [-0.3, -0.25) is 0 Å². The predicted octanol–water partition coefficient (Wildman–Crippen LogP) is 6.17. The van der Waals surface area contributed by atoms with Crippen molar-refractivity contribution in [2.45, 2.75) is 90.9 Å². The van der Waals surface area contributed by atoms with Crippen LogP contribution in [-0.4, -0.2) is 10.2 Å². The second kappa shape index (κ2) is 5.97. The fourth-order valence-electron chi connectivity index (χ4n) is 6.02. The summed E-state index contributed by atoms with van der Waals surface area (Å²) < 4.78 is 0. The molecule has 2 nitrogen and oxygen atoms in total. The van der Waals surface area contributed by atoms with Crippen LogP contribution in [0, 0.1) is 18.3 Å². The Morgan fingerprint density at radius 1 is 1.00 bits per heavy atom. The smallest absolute Gasteiger partial charge is 0.161 e. The number of aromatic hydroxyl groups is 2. The molecule has 2 atom stereocenters. The maximum atomic E-state index is 11.0. The first kappa shape index (κ1) is 17.6. The molecule has 24 heavy (non-hydrogen) atoms. The quantitative estimate of drug-likeness (QED) is 0.637. The highest BCUT2D eigenvalue weighted by atomic mass is 16.3. The minimum atomic E-state index is 0.0428. The Kier molecular flexibility index (Phi) is 4.38. The highest BCUT2D eigenvalue weighted by Crippen LogP contribution is 2.61. The fourth-order valence-corrected chi connectivity index (χ4v) is 6.02. The van der Waals surface area contributed by atoms with E-state index in [0.29, 0.717) is 11.3 Å². The minimum Gasteiger partial charge on any atom is -0.504 e. The Morgan fingerprint density at radius 2 is 1.67 bits per heavy atom. The summed E-state index contributed by atoms with van der Waals surface area (Å²) in [7, 11) is 0. The monoisotopic (exact) mass is 330 g/mol. The lowest BCUT2D eigenvalue weighted by Gasteiger charge is -2.56. The van der Waals surface area contributed by atoms with E-state index in [2.05, 4.69) is 40.7 Å². The summed E-state index contributed by atoms with van der Waals surface area (Å²) in [6, 6.07) is 2.12. The van der Waals surface area contributed by atoms with Crippen LogP contribution in [0.1, 0.15) is 95.2 Å². The molecule has 0 unspecified atom stereocenters. The lowest BCUT2D eigenvalue weighted by Crippen LogP contribution is -2.49. The van der Waals surface area contributed by atoms with Crippen LogP contribution in [0.4, 0.5) is 0 Å². The average Bonchev–Trinajstić information content (AvgIpc) is 2.50. The average molecular weight is 331 g/mol. The number of phenols is 2. The molecule has 0 aliphatic heterocycles. The Balaban J connectivity index is 2.20. The van der Waals surface area contributed by atoms with Crippen molar-refractivity contribution in [2.24, 2.45) is 11.3 Å². The van der Waals surface area contributed by atoms with Crippen molar-refractivity contribution in [1.29, 1.82) is 0 Å². The first-order valence-electron chi connectivity index (χ1n) is 9.76. The second-order valence-electron chi connectivity index (χ2n) is 9.31. The van der Waals surface area contributed by atoms with Gasteiger partial charge in [-0.1, -0.05) is 53.0 Å². The molecule has 0 bridgehead atoms. The summed E-state index contributed by atoms with van der Waals surface area (Å²) >= 11 is 0. The first-order valence-corrected chi connectivity index (χ1v) is 9.76. The molecule has 0 amide bonds. The number of hydrogen-bond donors (Lipinski definition) is 2. The van der Waals surface area contributed by atoms with Crippen molar-refractivity contribution >= 4 is 0 Å². The molecule has 0 spiro atoms. The van der Waals surface area contributed by atoms with Gasteiger partial charge < -0.3 is 10.2 Å². The molecule has 2 aliphatic rings. The van der Waals surface area contributed by atoms with Gasteiger partial charge >= 0.3 is 0 Å². The zero-order valence-electron chi connectivity index (χ0n) is 16.1. The Bertz CT molecular complexity index is 625. The van der Waals surface area contributed by atoms with Gasteiger partial charge in [-0.15, -0.1) is 0 Å². The fraction of sp³-hybridized carbons (Fsp3) is 0.727. The van der Waals surface area contributed by atoms with Gasteiger partial charge in [0.25, 0.3) is 0 Å². The Labute approximate surface area is 147 Å². The molecule has 2 aliphatic carbocycles. The standard InChI is InChI=1S/C22H34O2/c1-14(2)16-13-15(3)18(20(24)19(16)23)22-11-7-6-9-17(22)21(4,5)10-8-12-22/h13-14,17,23-24H,6-12H2,1-5H3/t17-,22-/m0/s1. The van der Waals surface area contributed by atoms with E-state index in [0.717, 1.165) is 24.0 Å². The maximum Gasteiger partial charge on any atom is 0.161 e. The minimum absolute atomic E-state index is 0.0428. The third-order valence-electron chi connectivity index (χ3n) is 7.04. The summed E-state index contributed by atoms with van der Waals surface area (Å²) in [5.41, 5.74) is 3.44. The number of rotatable bonds is 2. The summed E-state index contributed by atoms with van der Waals surface area (Å²) in [6.07, 6.45) is 8.57. The molecular formula is C22H34O2. The topological polar surface area (TPSA) is 40.5 Å². The molecule has 2 fully saturated rings. The molecule has 3 rings (SSSR count). The van der Waals surface area contributed by atoms with Gasteiger partial charge in [0.1, 0.15) is 0 Å². The van der Waals surface area contributed by atoms with Crippen molar-refractivity contribution in [3.8, 4) is 11.5 Å². The molecule has 2 saturated carbocycles. The first-order chi connectivity index (χ1) is 11.2. The van der Waals surface area contributed by atoms with Crippen LogP contribution in [0.15, 0.2) is 6.07 Å². The van der Waals surface area contributed by atoms with Crippen LogP contribution in [0.2, 0.25) is 0 Å². The summed E-state index contributed by atoms with van der Waals surface area (Å²) in [5.74, 6) is 1.10. The molecule has 2 heteroatoms. The van der Waals surface area contributed by atoms with E-state index in [9.17, 15) is 10.2 Å². The van der Waals surface area contributed by atoms with E-state index < -0.39 is 0 Å². The van der Waals surface area contributed by atoms with E-state index in [1.165, 1.54) is 37.7 Å². The van der Waals surface area contributed by atoms with Crippen molar-refractivity contribution < 1.29 is 10.2 Å². The predicted molar refractivity (Wildman–Crippen MR) is 99.9 cm³/mol. The highest BCUT2D eigenvalue weighted by molar-refractivity contribution is 5.58. The van der Waals surface area contributed by atoms with Crippen molar-refractivity contribution in [3.63, 3.8) is 0 Å². The summed E-state index contributed by atoms with van der Waals surface area (Å²) in [6.45, 7) is 11.1. The molecule has 0 radical (unpaired) electrons. The van der Waals surface area contributed by atoms with Crippen LogP contribution in [0.5, 0.6) is 11.5 Å². The zero-order chi connectivity index (χ0) is 17.7. The van der Waals surface area contributed by atoms with E-state index >= 15 is 0 Å². The molecule has 0 aromatic heterocycles. The number of benzene rings is 1. The molecule has 1 aromatic rings. The Morgan fingerprint density at radius 3 is 2.33 bits per heavy atom. The van der Waals surface area contributed by atoms with Crippen LogP contribution >= 0.6 is 0 Å². The molecule has 1 aromatic carbocycles. The van der Waals surface area contributed by atoms with Crippen LogP contribution in [0.25, 0.3) is 0 Å². The number of hydrogen-bond acceptors (Lipinski definition) is 2. The van der Waals surface area contributed by atoms with Gasteiger partial charge in [-0.2, -0.15) is 0 Å². The molecule has 134 valence electrons. The number of aryl methyl sites for hydroxylation is 1. The third-order valence-corrected chi connectivity index (χ3v) is 7.04. The summed E-state index contributed by atoms with van der Waals surface area (Å²) in [4.78, 5) is 0. The highest BCUT2D eigenvalue weighted by Gasteiger charge is 2.52. The van der Waals surface area contributed by atoms with Gasteiger partial charge in [-0.05, 0) is 55.4 Å². The van der Waals surface area contributed by atoms with Gasteiger partial charge in [0.2, 0.25) is 0 Å². The lowest BCUT2D eigenvalue weighted by molar-refractivity contribution is 0.00880. The van der Waals surface area contributed by atoms with E-state index in [1.807, 2.05) is 0 Å². The lowest BCUT2D eigenvalue weighted by atomic mass is 9.48. The van der Waals surface area contributed by atoms with Crippen molar-refractivity contribution in [3.05, 3.63) is 22.8 Å². The van der Waals surface area contributed by atoms with Crippen molar-refractivity contribution in [2.75, 3.05) is 0 Å². The van der Waals surface area contributed by atoms with Crippen LogP contribution in [-0.2, 0) is 5.41 Å². The number of phenolic OH excluding ortho intramolecular Hbond substituents is 2. The number of fused-ring (bicyclic) bond motifs is 1. The second-order valence-corrected chi connectivity index (χ2v) is 9.31. The largest absolute Gasteiger partial charge is 0.504 e. The van der Waals surface area contributed by atoms with E-state index in [1.54, 1.807) is 0 Å². The van der Waals surface area contributed by atoms with Crippen LogP contribution in [0.3, 0.4) is 0 Å². The normalized spacial score (nSPS) is 29.5. The van der Waals surface area contributed by atoms with E-state index in [-0.39, 0.29) is 22.8 Å². The van der Waals surface area contributed by atoms with Crippen molar-refractivity contribution in [1.82, 2.24) is 0 Å². The van der Waals surface area contributed by atoms with E-state index in [4.69, 9.17) is 0 Å². The van der Waals surface area contributed by atoms with Crippen LogP contribution < -0.4 is 0 Å². The molecule has 2 N–H and O–H groups in total. The molecule has 0 saturated heterocycles. The van der Waals surface area contributed by atoms with Gasteiger partial charge in [0.15, 0.2) is 11.5 Å². The SMILES string of the molecule is Cc1cc(C(C)C)c(O)c(O)c1[C@]12CCCC[C@H]1C(C)(C)CCC2. The third kappa shape index (κ3) is 2.53. The van der Waals surface area contributed by atoms with Gasteiger partial charge in [-0.25, -0.2) is 0 Å². The van der Waals surface area contributed by atoms with Gasteiger partial charge in [0.05, 0.1) is 0 Å². The molecule has 0 heterocycles.